The van der Waals surface area contributed by atoms with E-state index in [-0.39, 0.29) is 0 Å². The van der Waals surface area contributed by atoms with E-state index in [1.54, 1.807) is 0 Å². The number of nitrogens with zero attached hydrogens (tertiary/aromatic N) is 1. The monoisotopic (exact) mass is 247 g/mol. The van der Waals surface area contributed by atoms with Gasteiger partial charge in [0.1, 0.15) is 5.82 Å². The van der Waals surface area contributed by atoms with Gasteiger partial charge in [0.15, 0.2) is 0 Å². The summed E-state index contributed by atoms with van der Waals surface area (Å²) in [6.07, 6.45) is -4.99. The molecule has 0 amide bonds. The Morgan fingerprint density at radius 2 is 2.00 bits per heavy atom. The fourth-order valence-corrected chi connectivity index (χ4v) is 1.15. The highest BCUT2D eigenvalue weighted by molar-refractivity contribution is 5.90. The van der Waals surface area contributed by atoms with E-state index in [0.717, 1.165) is 7.11 Å². The maximum absolute atomic E-state index is 13.4. The smallest absolute Gasteiger partial charge is 0.419 e. The van der Waals surface area contributed by atoms with Crippen LogP contribution in [0.15, 0.2) is 12.1 Å². The molecule has 3 nitrogen and oxygen atoms in total. The van der Waals surface area contributed by atoms with Crippen LogP contribution in [0.3, 0.4) is 0 Å². The van der Waals surface area contributed by atoms with E-state index in [1.165, 1.54) is 6.07 Å². The van der Waals surface area contributed by atoms with Gasteiger partial charge in [0, 0.05) is 0 Å². The number of methoxy groups -OCH3 is 1. The lowest BCUT2D eigenvalue weighted by Gasteiger charge is -2.10. The maximum atomic E-state index is 13.4. The summed E-state index contributed by atoms with van der Waals surface area (Å²) >= 11 is 0. The number of hydrogen-bond donors (Lipinski definition) is 0. The quantitative estimate of drug-likeness (QED) is 0.566. The number of carbonyl (C=O) groups is 1. The Bertz CT molecular complexity index is 502. The van der Waals surface area contributed by atoms with Crippen LogP contribution < -0.4 is 0 Å². The molecule has 7 heteroatoms. The number of hydrogen-bond acceptors (Lipinski definition) is 3. The van der Waals surface area contributed by atoms with Crippen LogP contribution in [-0.4, -0.2) is 13.1 Å². The van der Waals surface area contributed by atoms with Crippen molar-refractivity contribution in [2.24, 2.45) is 0 Å². The van der Waals surface area contributed by atoms with E-state index >= 15 is 0 Å². The molecule has 0 fully saturated rings. The van der Waals surface area contributed by atoms with Gasteiger partial charge in [-0.05, 0) is 12.1 Å². The molecule has 0 atom stereocenters. The summed E-state index contributed by atoms with van der Waals surface area (Å²) in [4.78, 5) is 11.0. The second kappa shape index (κ2) is 4.41. The summed E-state index contributed by atoms with van der Waals surface area (Å²) < 4.78 is 54.8. The Morgan fingerprint density at radius 1 is 1.41 bits per heavy atom. The van der Waals surface area contributed by atoms with Crippen molar-refractivity contribution in [1.82, 2.24) is 0 Å². The van der Waals surface area contributed by atoms with E-state index in [2.05, 4.69) is 4.74 Å². The Morgan fingerprint density at radius 3 is 2.41 bits per heavy atom. The third-order valence-corrected chi connectivity index (χ3v) is 1.91. The molecule has 0 bridgehead atoms. The molecular weight excluding hydrogens is 242 g/mol. The average molecular weight is 247 g/mol. The molecule has 0 radical (unpaired) electrons. The van der Waals surface area contributed by atoms with Gasteiger partial charge in [0.05, 0.1) is 29.9 Å². The maximum Gasteiger partial charge on any atom is 0.419 e. The summed E-state index contributed by atoms with van der Waals surface area (Å²) in [7, 11) is 0.897. The van der Waals surface area contributed by atoms with Gasteiger partial charge < -0.3 is 4.74 Å². The molecule has 0 unspecified atom stereocenters. The van der Waals surface area contributed by atoms with Crippen molar-refractivity contribution < 1.29 is 27.1 Å². The summed E-state index contributed by atoms with van der Waals surface area (Å²) in [6.45, 7) is 0. The first-order valence-electron chi connectivity index (χ1n) is 4.20. The van der Waals surface area contributed by atoms with Crippen LogP contribution in [0, 0.1) is 17.1 Å². The highest BCUT2D eigenvalue weighted by Gasteiger charge is 2.36. The van der Waals surface area contributed by atoms with Crippen LogP contribution in [0.4, 0.5) is 17.6 Å². The zero-order valence-corrected chi connectivity index (χ0v) is 8.43. The largest absolute Gasteiger partial charge is 0.465 e. The van der Waals surface area contributed by atoms with Gasteiger partial charge in [-0.1, -0.05) is 0 Å². The van der Waals surface area contributed by atoms with Crippen molar-refractivity contribution in [3.05, 3.63) is 34.6 Å². The molecule has 0 saturated heterocycles. The number of carbonyl (C=O) groups excluding carboxylic acids is 1. The molecule has 0 aliphatic carbocycles. The van der Waals surface area contributed by atoms with E-state index in [9.17, 15) is 22.4 Å². The second-order valence-electron chi connectivity index (χ2n) is 2.99. The van der Waals surface area contributed by atoms with Crippen LogP contribution in [0.1, 0.15) is 21.5 Å². The third kappa shape index (κ3) is 2.53. The molecule has 90 valence electrons. The Kier molecular flexibility index (Phi) is 3.36. The molecule has 0 spiro atoms. The highest BCUT2D eigenvalue weighted by atomic mass is 19.4. The Balaban J connectivity index is 3.54. The van der Waals surface area contributed by atoms with Crippen molar-refractivity contribution >= 4 is 5.97 Å². The molecule has 0 heterocycles. The number of ether oxygens (including phenoxy) is 1. The lowest BCUT2D eigenvalue weighted by Crippen LogP contribution is -2.14. The molecule has 0 aliphatic heterocycles. The highest BCUT2D eigenvalue weighted by Crippen LogP contribution is 2.33. The molecule has 17 heavy (non-hydrogen) atoms. The molecule has 0 aliphatic rings. The molecule has 1 aromatic carbocycles. The van der Waals surface area contributed by atoms with Crippen LogP contribution in [-0.2, 0) is 10.9 Å². The van der Waals surface area contributed by atoms with Gasteiger partial charge in [-0.3, -0.25) is 0 Å². The summed E-state index contributed by atoms with van der Waals surface area (Å²) in [5.74, 6) is -3.02. The number of alkyl halides is 3. The Labute approximate surface area is 93.2 Å². The predicted octanol–water partition coefficient (Wildman–Crippen LogP) is 2.50. The number of esters is 1. The zero-order valence-electron chi connectivity index (χ0n) is 8.43. The number of halogens is 4. The molecule has 0 N–H and O–H groups in total. The van der Waals surface area contributed by atoms with E-state index in [0.29, 0.717) is 12.1 Å². The average Bonchev–Trinajstić information content (AvgIpc) is 2.26. The minimum Gasteiger partial charge on any atom is -0.465 e. The normalized spacial score (nSPS) is 10.8. The lowest BCUT2D eigenvalue weighted by molar-refractivity contribution is -0.140. The fraction of sp³-hybridized carbons (Fsp3) is 0.200. The van der Waals surface area contributed by atoms with Gasteiger partial charge in [0.25, 0.3) is 0 Å². The lowest BCUT2D eigenvalue weighted by atomic mass is 10.0. The molecule has 1 rings (SSSR count). The van der Waals surface area contributed by atoms with Crippen LogP contribution in [0.25, 0.3) is 0 Å². The van der Waals surface area contributed by atoms with Crippen molar-refractivity contribution in [3.8, 4) is 6.07 Å². The minimum atomic E-state index is -4.99. The van der Waals surface area contributed by atoms with Gasteiger partial charge in [-0.2, -0.15) is 18.4 Å². The summed E-state index contributed by atoms with van der Waals surface area (Å²) in [5, 5.41) is 8.51. The first kappa shape index (κ1) is 13.0. The van der Waals surface area contributed by atoms with Crippen LogP contribution in [0.5, 0.6) is 0 Å². The van der Waals surface area contributed by atoms with Gasteiger partial charge in [0.2, 0.25) is 0 Å². The predicted molar refractivity (Wildman–Crippen MR) is 47.5 cm³/mol. The number of benzene rings is 1. The van der Waals surface area contributed by atoms with Crippen molar-refractivity contribution in [1.29, 1.82) is 5.26 Å². The standard InChI is InChI=1S/C10H5F4NO2/c1-17-9(16)6-2-5(4-15)3-7(8(6)11)10(12,13)14/h2-3H,1H3. The fourth-order valence-electron chi connectivity index (χ4n) is 1.15. The molecular formula is C10H5F4NO2. The van der Waals surface area contributed by atoms with Gasteiger partial charge in [-0.15, -0.1) is 0 Å². The first-order chi connectivity index (χ1) is 7.81. The van der Waals surface area contributed by atoms with Gasteiger partial charge >= 0.3 is 12.1 Å². The second-order valence-corrected chi connectivity index (χ2v) is 2.99. The third-order valence-electron chi connectivity index (χ3n) is 1.91. The van der Waals surface area contributed by atoms with Crippen molar-refractivity contribution in [2.75, 3.05) is 7.11 Å². The van der Waals surface area contributed by atoms with Crippen LogP contribution >= 0.6 is 0 Å². The van der Waals surface area contributed by atoms with Crippen molar-refractivity contribution in [2.45, 2.75) is 6.18 Å². The van der Waals surface area contributed by atoms with Crippen LogP contribution in [0.2, 0.25) is 0 Å². The summed E-state index contributed by atoms with van der Waals surface area (Å²) in [5.41, 5.74) is -3.06. The zero-order chi connectivity index (χ0) is 13.2. The molecule has 0 saturated carbocycles. The van der Waals surface area contributed by atoms with E-state index < -0.39 is 34.7 Å². The topological polar surface area (TPSA) is 50.1 Å². The number of rotatable bonds is 1. The molecule has 0 aromatic heterocycles. The summed E-state index contributed by atoms with van der Waals surface area (Å²) in [6, 6.07) is 2.45. The van der Waals surface area contributed by atoms with Crippen molar-refractivity contribution in [3.63, 3.8) is 0 Å². The number of nitriles is 1. The Hall–Kier alpha value is -2.10. The van der Waals surface area contributed by atoms with E-state index in [4.69, 9.17) is 5.26 Å². The van der Waals surface area contributed by atoms with E-state index in [1.807, 2.05) is 0 Å². The first-order valence-corrected chi connectivity index (χ1v) is 4.20. The van der Waals surface area contributed by atoms with Gasteiger partial charge in [-0.25, -0.2) is 9.18 Å². The SMILES string of the molecule is COC(=O)c1cc(C#N)cc(C(F)(F)F)c1F. The molecule has 1 aromatic rings. The minimum absolute atomic E-state index is 0.335.